The number of benzene rings is 2. The fourth-order valence-electron chi connectivity index (χ4n) is 3.21. The molecule has 0 saturated carbocycles. The van der Waals surface area contributed by atoms with E-state index in [4.69, 9.17) is 0 Å². The molecule has 0 spiro atoms. The molecule has 2 aromatic carbocycles. The van der Waals surface area contributed by atoms with E-state index in [-0.39, 0.29) is 11.9 Å². The van der Waals surface area contributed by atoms with Gasteiger partial charge in [0.05, 0.1) is 0 Å². The zero-order valence-electron chi connectivity index (χ0n) is 15.5. The quantitative estimate of drug-likeness (QED) is 0.842. The van der Waals surface area contributed by atoms with Gasteiger partial charge < -0.3 is 10.2 Å². The maximum absolute atomic E-state index is 12.4. The molecule has 2 aromatic rings. The van der Waals surface area contributed by atoms with E-state index >= 15 is 0 Å². The van der Waals surface area contributed by atoms with E-state index in [1.165, 1.54) is 5.56 Å². The maximum atomic E-state index is 12.4. The number of amides is 1. The second-order valence-electron chi connectivity index (χ2n) is 7.13. The van der Waals surface area contributed by atoms with Gasteiger partial charge in [-0.1, -0.05) is 50.1 Å². The fourth-order valence-corrected chi connectivity index (χ4v) is 3.21. The van der Waals surface area contributed by atoms with Crippen molar-refractivity contribution >= 4 is 11.6 Å². The van der Waals surface area contributed by atoms with Gasteiger partial charge in [0.1, 0.15) is 0 Å². The third-order valence-corrected chi connectivity index (χ3v) is 4.74. The molecular weight excluding hydrogens is 320 g/mol. The van der Waals surface area contributed by atoms with Gasteiger partial charge in [-0.2, -0.15) is 0 Å². The molecular formula is C23H26N2O. The minimum Gasteiger partial charge on any atom is -0.381 e. The summed E-state index contributed by atoms with van der Waals surface area (Å²) in [5, 5.41) is 3.56. The van der Waals surface area contributed by atoms with Crippen LogP contribution in [0.5, 0.6) is 0 Å². The van der Waals surface area contributed by atoms with Crippen molar-refractivity contribution in [2.24, 2.45) is 0 Å². The van der Waals surface area contributed by atoms with E-state index in [0.717, 1.165) is 30.6 Å². The van der Waals surface area contributed by atoms with Crippen LogP contribution in [-0.4, -0.2) is 29.9 Å². The number of rotatable bonds is 3. The Hall–Kier alpha value is -2.73. The highest BCUT2D eigenvalue weighted by Crippen LogP contribution is 2.20. The Kier molecular flexibility index (Phi) is 5.96. The predicted molar refractivity (Wildman–Crippen MR) is 107 cm³/mol. The van der Waals surface area contributed by atoms with E-state index < -0.39 is 0 Å². The Labute approximate surface area is 156 Å². The zero-order valence-corrected chi connectivity index (χ0v) is 15.5. The largest absolute Gasteiger partial charge is 0.381 e. The number of carbonyl (C=O) groups is 1. The third-order valence-electron chi connectivity index (χ3n) is 4.74. The Morgan fingerprint density at radius 2 is 1.85 bits per heavy atom. The summed E-state index contributed by atoms with van der Waals surface area (Å²) in [6.07, 6.45) is 2.07. The van der Waals surface area contributed by atoms with Crippen molar-refractivity contribution < 1.29 is 4.79 Å². The van der Waals surface area contributed by atoms with E-state index in [0.29, 0.717) is 12.5 Å². The molecule has 0 aliphatic carbocycles. The highest BCUT2D eigenvalue weighted by molar-refractivity contribution is 5.94. The van der Waals surface area contributed by atoms with Crippen molar-refractivity contribution in [1.82, 2.24) is 4.90 Å². The second kappa shape index (κ2) is 8.58. The average Bonchev–Trinajstić information content (AvgIpc) is 2.67. The molecule has 1 N–H and O–H groups in total. The fraction of sp³-hybridized carbons (Fsp3) is 0.348. The standard InChI is InChI=1S/C23H26N2O/c1-18(2)20-11-13-21(14-12-20)24-22-9-6-16-25(17-22)23(26)15-10-19-7-4-3-5-8-19/h3-5,7-8,11-14,18,22,24H,6,9,16-17H2,1-2H3. The molecule has 0 radical (unpaired) electrons. The molecule has 0 aromatic heterocycles. The number of hydrogen-bond acceptors (Lipinski definition) is 2. The van der Waals surface area contributed by atoms with Crippen molar-refractivity contribution in [3.63, 3.8) is 0 Å². The van der Waals surface area contributed by atoms with Crippen LogP contribution < -0.4 is 5.32 Å². The summed E-state index contributed by atoms with van der Waals surface area (Å²) < 4.78 is 0. The highest BCUT2D eigenvalue weighted by Gasteiger charge is 2.22. The zero-order chi connectivity index (χ0) is 18.4. The van der Waals surface area contributed by atoms with Gasteiger partial charge in [0.25, 0.3) is 5.91 Å². The van der Waals surface area contributed by atoms with Gasteiger partial charge in [0, 0.05) is 36.3 Å². The molecule has 3 nitrogen and oxygen atoms in total. The van der Waals surface area contributed by atoms with Crippen LogP contribution in [0, 0.1) is 11.8 Å². The Morgan fingerprint density at radius 3 is 2.54 bits per heavy atom. The van der Waals surface area contributed by atoms with Crippen molar-refractivity contribution in [2.75, 3.05) is 18.4 Å². The van der Waals surface area contributed by atoms with Crippen LogP contribution in [0.2, 0.25) is 0 Å². The topological polar surface area (TPSA) is 32.3 Å². The van der Waals surface area contributed by atoms with E-state index in [1.807, 2.05) is 35.2 Å². The van der Waals surface area contributed by atoms with Crippen LogP contribution in [0.15, 0.2) is 54.6 Å². The number of likely N-dealkylation sites (tertiary alicyclic amines) is 1. The lowest BCUT2D eigenvalue weighted by atomic mass is 10.0. The first kappa shape index (κ1) is 18.1. The van der Waals surface area contributed by atoms with Crippen LogP contribution in [0.25, 0.3) is 0 Å². The van der Waals surface area contributed by atoms with Gasteiger partial charge in [-0.15, -0.1) is 0 Å². The van der Waals surface area contributed by atoms with Crippen LogP contribution >= 0.6 is 0 Å². The van der Waals surface area contributed by atoms with E-state index in [9.17, 15) is 4.79 Å². The van der Waals surface area contributed by atoms with Gasteiger partial charge in [-0.3, -0.25) is 4.79 Å². The van der Waals surface area contributed by atoms with E-state index in [1.54, 1.807) is 0 Å². The first-order valence-corrected chi connectivity index (χ1v) is 9.34. The maximum Gasteiger partial charge on any atom is 0.298 e. The summed E-state index contributed by atoms with van der Waals surface area (Å²) >= 11 is 0. The van der Waals surface area contributed by atoms with Gasteiger partial charge in [0.2, 0.25) is 0 Å². The lowest BCUT2D eigenvalue weighted by Gasteiger charge is -2.32. The van der Waals surface area contributed by atoms with Crippen molar-refractivity contribution in [1.29, 1.82) is 0 Å². The molecule has 134 valence electrons. The molecule has 1 atom stereocenters. The molecule has 3 rings (SSSR count). The Balaban J connectivity index is 1.58. The molecule has 26 heavy (non-hydrogen) atoms. The summed E-state index contributed by atoms with van der Waals surface area (Å²) in [5.41, 5.74) is 3.33. The molecule has 1 amide bonds. The number of hydrogen-bond donors (Lipinski definition) is 1. The lowest BCUT2D eigenvalue weighted by molar-refractivity contribution is -0.126. The summed E-state index contributed by atoms with van der Waals surface area (Å²) in [7, 11) is 0. The minimum atomic E-state index is -0.0875. The molecule has 1 aliphatic rings. The highest BCUT2D eigenvalue weighted by atomic mass is 16.2. The molecule has 3 heteroatoms. The summed E-state index contributed by atoms with van der Waals surface area (Å²) in [5.74, 6) is 6.19. The molecule has 1 heterocycles. The third kappa shape index (κ3) is 4.89. The van der Waals surface area contributed by atoms with Gasteiger partial charge in [0.15, 0.2) is 0 Å². The number of anilines is 1. The monoisotopic (exact) mass is 346 g/mol. The Morgan fingerprint density at radius 1 is 1.12 bits per heavy atom. The Bertz CT molecular complexity index is 784. The molecule has 1 unspecified atom stereocenters. The van der Waals surface area contributed by atoms with Gasteiger partial charge >= 0.3 is 0 Å². The van der Waals surface area contributed by atoms with Crippen molar-refractivity contribution in [3.8, 4) is 11.8 Å². The van der Waals surface area contributed by atoms with Gasteiger partial charge in [-0.25, -0.2) is 0 Å². The summed E-state index contributed by atoms with van der Waals surface area (Å²) in [6.45, 7) is 5.88. The average molecular weight is 346 g/mol. The van der Waals surface area contributed by atoms with Gasteiger partial charge in [-0.05, 0) is 48.6 Å². The number of piperidine rings is 1. The summed E-state index contributed by atoms with van der Waals surface area (Å²) in [4.78, 5) is 14.3. The number of nitrogens with zero attached hydrogens (tertiary/aromatic N) is 1. The van der Waals surface area contributed by atoms with Crippen LogP contribution in [0.3, 0.4) is 0 Å². The van der Waals surface area contributed by atoms with Crippen LogP contribution in [-0.2, 0) is 4.79 Å². The minimum absolute atomic E-state index is 0.0875. The molecule has 1 aliphatic heterocycles. The molecule has 0 bridgehead atoms. The SMILES string of the molecule is CC(C)c1ccc(NC2CCCN(C(=O)C#Cc3ccccc3)C2)cc1. The number of carbonyl (C=O) groups excluding carboxylic acids is 1. The van der Waals surface area contributed by atoms with Crippen LogP contribution in [0.1, 0.15) is 43.7 Å². The number of nitrogens with one attached hydrogen (secondary N) is 1. The normalized spacial score (nSPS) is 16.7. The lowest BCUT2D eigenvalue weighted by Crippen LogP contribution is -2.44. The van der Waals surface area contributed by atoms with Crippen LogP contribution in [0.4, 0.5) is 5.69 Å². The predicted octanol–water partition coefficient (Wildman–Crippen LogP) is 4.26. The smallest absolute Gasteiger partial charge is 0.298 e. The first-order valence-electron chi connectivity index (χ1n) is 9.34. The summed E-state index contributed by atoms with van der Waals surface area (Å²) in [6, 6.07) is 18.5. The first-order chi connectivity index (χ1) is 12.6. The van der Waals surface area contributed by atoms with E-state index in [2.05, 4.69) is 55.3 Å². The van der Waals surface area contributed by atoms with Crippen molar-refractivity contribution in [3.05, 3.63) is 65.7 Å². The molecule has 1 fully saturated rings. The molecule has 1 saturated heterocycles. The van der Waals surface area contributed by atoms with Crippen molar-refractivity contribution in [2.45, 2.75) is 38.6 Å². The second-order valence-corrected chi connectivity index (χ2v) is 7.13.